The average molecular weight is 389 g/mol. The van der Waals surface area contributed by atoms with Gasteiger partial charge in [0.15, 0.2) is 0 Å². The number of amides is 1. The van der Waals surface area contributed by atoms with E-state index in [1.807, 2.05) is 13.0 Å². The number of carbonyl (C=O) groups excluding carboxylic acids is 4. The number of esters is 3. The standard InChI is InChI=1S/C20H23NO7/c1-6-26-17(23)16(22)21-15-9-8-13(28-19(25)18(24)27-7-2)10-14(15)12(3)11-20(21,4)5/h8-11H,6-7H2,1-5H3. The van der Waals surface area contributed by atoms with Crippen LogP contribution in [0, 0.1) is 0 Å². The second kappa shape index (κ2) is 8.24. The highest BCUT2D eigenvalue weighted by atomic mass is 16.6. The Morgan fingerprint density at radius 1 is 0.964 bits per heavy atom. The van der Waals surface area contributed by atoms with E-state index in [1.165, 1.54) is 17.0 Å². The number of hydrogen-bond donors (Lipinski definition) is 0. The molecule has 150 valence electrons. The Morgan fingerprint density at radius 2 is 1.57 bits per heavy atom. The lowest BCUT2D eigenvalue weighted by atomic mass is 9.88. The maximum atomic E-state index is 12.7. The molecule has 0 unspecified atom stereocenters. The highest BCUT2D eigenvalue weighted by Gasteiger charge is 2.39. The zero-order valence-corrected chi connectivity index (χ0v) is 16.5. The molecule has 0 saturated carbocycles. The van der Waals surface area contributed by atoms with Crippen LogP contribution in [0.15, 0.2) is 24.3 Å². The van der Waals surface area contributed by atoms with Crippen molar-refractivity contribution in [2.24, 2.45) is 0 Å². The number of ether oxygens (including phenoxy) is 3. The number of anilines is 1. The molecule has 1 aliphatic heterocycles. The van der Waals surface area contributed by atoms with E-state index in [0.29, 0.717) is 11.3 Å². The minimum atomic E-state index is -1.14. The second-order valence-electron chi connectivity index (χ2n) is 6.63. The molecule has 8 nitrogen and oxygen atoms in total. The quantitative estimate of drug-likeness (QED) is 0.444. The molecular weight excluding hydrogens is 366 g/mol. The summed E-state index contributed by atoms with van der Waals surface area (Å²) in [5.41, 5.74) is 1.11. The van der Waals surface area contributed by atoms with Crippen LogP contribution in [0.1, 0.15) is 40.2 Å². The Morgan fingerprint density at radius 3 is 2.18 bits per heavy atom. The predicted molar refractivity (Wildman–Crippen MR) is 101 cm³/mol. The van der Waals surface area contributed by atoms with Crippen LogP contribution in [0.3, 0.4) is 0 Å². The summed E-state index contributed by atoms with van der Waals surface area (Å²) in [5, 5.41) is 0. The van der Waals surface area contributed by atoms with Gasteiger partial charge in [-0.25, -0.2) is 14.4 Å². The summed E-state index contributed by atoms with van der Waals surface area (Å²) < 4.78 is 14.5. The SMILES string of the molecule is CCOC(=O)C(=O)Oc1ccc2c(c1)C(C)=CC(C)(C)N2C(=O)C(=O)OCC. The van der Waals surface area contributed by atoms with Crippen molar-refractivity contribution in [3.63, 3.8) is 0 Å². The van der Waals surface area contributed by atoms with Crippen LogP contribution in [-0.4, -0.2) is 42.6 Å². The Hall–Kier alpha value is -3.16. The molecule has 1 heterocycles. The van der Waals surface area contributed by atoms with Gasteiger partial charge in [0.1, 0.15) is 5.75 Å². The summed E-state index contributed by atoms with van der Waals surface area (Å²) in [6.07, 6.45) is 1.82. The summed E-state index contributed by atoms with van der Waals surface area (Å²) in [6.45, 7) is 8.77. The van der Waals surface area contributed by atoms with Gasteiger partial charge < -0.3 is 14.2 Å². The summed E-state index contributed by atoms with van der Waals surface area (Å²) >= 11 is 0. The first-order valence-electron chi connectivity index (χ1n) is 8.86. The van der Waals surface area contributed by atoms with Crippen LogP contribution in [0.25, 0.3) is 5.57 Å². The van der Waals surface area contributed by atoms with Gasteiger partial charge in [-0.3, -0.25) is 9.69 Å². The number of hydrogen-bond acceptors (Lipinski definition) is 7. The Kier molecular flexibility index (Phi) is 6.23. The molecule has 0 atom stereocenters. The van der Waals surface area contributed by atoms with E-state index in [2.05, 4.69) is 4.74 Å². The van der Waals surface area contributed by atoms with E-state index in [-0.39, 0.29) is 19.0 Å². The van der Waals surface area contributed by atoms with Gasteiger partial charge in [-0.15, -0.1) is 0 Å². The van der Waals surface area contributed by atoms with Gasteiger partial charge in [0.25, 0.3) is 0 Å². The van der Waals surface area contributed by atoms with Crippen LogP contribution < -0.4 is 9.64 Å². The largest absolute Gasteiger partial charge is 0.459 e. The number of benzene rings is 1. The van der Waals surface area contributed by atoms with Crippen LogP contribution in [0.4, 0.5) is 5.69 Å². The minimum Gasteiger partial charge on any atom is -0.459 e. The Bertz CT molecular complexity index is 854. The lowest BCUT2D eigenvalue weighted by Gasteiger charge is -2.40. The van der Waals surface area contributed by atoms with Gasteiger partial charge in [0.2, 0.25) is 0 Å². The molecule has 2 rings (SSSR count). The molecule has 0 N–H and O–H groups in total. The summed E-state index contributed by atoms with van der Waals surface area (Å²) in [4.78, 5) is 49.2. The molecule has 0 spiro atoms. The van der Waals surface area contributed by atoms with Gasteiger partial charge >= 0.3 is 23.8 Å². The van der Waals surface area contributed by atoms with Gasteiger partial charge in [-0.2, -0.15) is 0 Å². The van der Waals surface area contributed by atoms with Crippen molar-refractivity contribution in [1.82, 2.24) is 0 Å². The fourth-order valence-corrected chi connectivity index (χ4v) is 3.07. The molecule has 0 fully saturated rings. The number of carbonyl (C=O) groups is 4. The van der Waals surface area contributed by atoms with Crippen molar-refractivity contribution >= 4 is 35.1 Å². The second-order valence-corrected chi connectivity index (χ2v) is 6.63. The third kappa shape index (κ3) is 4.21. The van der Waals surface area contributed by atoms with E-state index >= 15 is 0 Å². The molecular formula is C20H23NO7. The van der Waals surface area contributed by atoms with Crippen LogP contribution >= 0.6 is 0 Å². The van der Waals surface area contributed by atoms with Gasteiger partial charge in [-0.05, 0) is 58.4 Å². The van der Waals surface area contributed by atoms with Crippen LogP contribution in [-0.2, 0) is 28.7 Å². The highest BCUT2D eigenvalue weighted by Crippen LogP contribution is 2.40. The van der Waals surface area contributed by atoms with Crippen molar-refractivity contribution in [2.45, 2.75) is 40.2 Å². The third-order valence-corrected chi connectivity index (χ3v) is 4.09. The molecule has 8 heteroatoms. The van der Waals surface area contributed by atoms with Crippen molar-refractivity contribution in [3.8, 4) is 5.75 Å². The molecule has 1 aliphatic rings. The Balaban J connectivity index is 2.41. The van der Waals surface area contributed by atoms with Crippen molar-refractivity contribution in [1.29, 1.82) is 0 Å². The highest BCUT2D eigenvalue weighted by molar-refractivity contribution is 6.39. The molecule has 1 aromatic carbocycles. The van der Waals surface area contributed by atoms with Gasteiger partial charge in [-0.1, -0.05) is 6.08 Å². The predicted octanol–water partition coefficient (Wildman–Crippen LogP) is 2.25. The maximum absolute atomic E-state index is 12.7. The van der Waals surface area contributed by atoms with E-state index in [1.54, 1.807) is 33.8 Å². The molecule has 0 saturated heterocycles. The third-order valence-electron chi connectivity index (χ3n) is 4.09. The van der Waals surface area contributed by atoms with E-state index in [9.17, 15) is 19.2 Å². The molecule has 1 aromatic rings. The smallest absolute Gasteiger partial charge is 0.422 e. The topological polar surface area (TPSA) is 99.2 Å². The van der Waals surface area contributed by atoms with Crippen LogP contribution in [0.5, 0.6) is 5.75 Å². The molecule has 0 bridgehead atoms. The normalized spacial score (nSPS) is 14.5. The number of nitrogens with zero attached hydrogens (tertiary/aromatic N) is 1. The van der Waals surface area contributed by atoms with Gasteiger partial charge in [0, 0.05) is 5.56 Å². The van der Waals surface area contributed by atoms with Crippen LogP contribution in [0.2, 0.25) is 0 Å². The first kappa shape index (κ1) is 21.1. The monoisotopic (exact) mass is 389 g/mol. The summed E-state index contributed by atoms with van der Waals surface area (Å²) in [5.74, 6) is -3.86. The molecule has 0 aromatic heterocycles. The van der Waals surface area contributed by atoms with E-state index in [4.69, 9.17) is 9.47 Å². The molecule has 0 aliphatic carbocycles. The minimum absolute atomic E-state index is 0.0555. The van der Waals surface area contributed by atoms with Crippen molar-refractivity contribution in [2.75, 3.05) is 18.1 Å². The molecule has 28 heavy (non-hydrogen) atoms. The lowest BCUT2D eigenvalue weighted by molar-refractivity contribution is -0.161. The van der Waals surface area contributed by atoms with Crippen molar-refractivity contribution < 1.29 is 33.4 Å². The summed E-state index contributed by atoms with van der Waals surface area (Å²) in [6, 6.07) is 4.52. The maximum Gasteiger partial charge on any atom is 0.422 e. The number of fused-ring (bicyclic) bond motifs is 1. The van der Waals surface area contributed by atoms with E-state index in [0.717, 1.165) is 5.57 Å². The number of allylic oxidation sites excluding steroid dienone is 1. The average Bonchev–Trinajstić information content (AvgIpc) is 2.61. The fourth-order valence-electron chi connectivity index (χ4n) is 3.07. The first-order chi connectivity index (χ1) is 13.1. The van der Waals surface area contributed by atoms with Crippen molar-refractivity contribution in [3.05, 3.63) is 29.8 Å². The first-order valence-corrected chi connectivity index (χ1v) is 8.86. The fraction of sp³-hybridized carbons (Fsp3) is 0.400. The Labute approximate surface area is 163 Å². The molecule has 1 amide bonds. The lowest BCUT2D eigenvalue weighted by Crippen LogP contribution is -2.52. The van der Waals surface area contributed by atoms with E-state index < -0.39 is 29.4 Å². The number of rotatable bonds is 3. The van der Waals surface area contributed by atoms with Gasteiger partial charge in [0.05, 0.1) is 24.4 Å². The zero-order valence-electron chi connectivity index (χ0n) is 16.5. The zero-order chi connectivity index (χ0) is 21.1. The molecule has 0 radical (unpaired) electrons. The summed E-state index contributed by atoms with van der Waals surface area (Å²) in [7, 11) is 0.